The van der Waals surface area contributed by atoms with E-state index in [-0.39, 0.29) is 18.1 Å². The van der Waals surface area contributed by atoms with Crippen molar-refractivity contribution in [2.75, 3.05) is 13.7 Å². The number of benzene rings is 2. The van der Waals surface area contributed by atoms with Crippen molar-refractivity contribution < 1.29 is 19.1 Å². The molecule has 6 nitrogen and oxygen atoms in total. The van der Waals surface area contributed by atoms with Crippen LogP contribution in [0.5, 0.6) is 5.75 Å². The highest BCUT2D eigenvalue weighted by Gasteiger charge is 2.28. The lowest BCUT2D eigenvalue weighted by molar-refractivity contribution is -0.135. The zero-order chi connectivity index (χ0) is 19.9. The van der Waals surface area contributed by atoms with Gasteiger partial charge in [-0.2, -0.15) is 5.10 Å². The van der Waals surface area contributed by atoms with Gasteiger partial charge in [0.1, 0.15) is 17.5 Å². The average molecular weight is 380 g/mol. The average Bonchev–Trinajstić information content (AvgIpc) is 2.73. The maximum Gasteiger partial charge on any atom is 0.354 e. The van der Waals surface area contributed by atoms with Crippen LogP contribution in [-0.2, 0) is 22.4 Å². The Labute approximate surface area is 164 Å². The van der Waals surface area contributed by atoms with E-state index in [1.54, 1.807) is 20.1 Å². The van der Waals surface area contributed by atoms with Crippen LogP contribution in [0, 0.1) is 0 Å². The maximum absolute atomic E-state index is 12.8. The van der Waals surface area contributed by atoms with Crippen molar-refractivity contribution in [1.29, 1.82) is 0 Å². The number of rotatable bonds is 7. The van der Waals surface area contributed by atoms with Gasteiger partial charge in [-0.25, -0.2) is 4.79 Å². The molecule has 0 amide bonds. The number of Topliss-reactive ketones (excluding diaryl/α,β-unsaturated/α-hetero) is 1. The standard InChI is InChI=1S/C22H24N2O4/c1-3-28-22(26)20(13-15-7-5-4-6-8-15)24-23-19-12-10-16-9-11-17(27-2)14-18(16)21(19)25/h4-9,11,14,19,23H,3,10,12-13H2,1-2H3/b24-20+/t19-/m1/s1. The van der Waals surface area contributed by atoms with E-state index in [1.807, 2.05) is 42.5 Å². The van der Waals surface area contributed by atoms with Crippen LogP contribution in [-0.4, -0.2) is 37.2 Å². The molecule has 0 radical (unpaired) electrons. The van der Waals surface area contributed by atoms with Gasteiger partial charge >= 0.3 is 5.97 Å². The summed E-state index contributed by atoms with van der Waals surface area (Å²) in [4.78, 5) is 25.1. The summed E-state index contributed by atoms with van der Waals surface area (Å²) in [6, 6.07) is 14.6. The largest absolute Gasteiger partial charge is 0.497 e. The van der Waals surface area contributed by atoms with Gasteiger partial charge < -0.3 is 9.47 Å². The van der Waals surface area contributed by atoms with Gasteiger partial charge in [-0.05, 0) is 43.0 Å². The molecule has 2 aromatic carbocycles. The van der Waals surface area contributed by atoms with E-state index in [2.05, 4.69) is 10.5 Å². The Balaban J connectivity index is 1.78. The van der Waals surface area contributed by atoms with Gasteiger partial charge in [-0.15, -0.1) is 0 Å². The number of methoxy groups -OCH3 is 1. The summed E-state index contributed by atoms with van der Waals surface area (Å²) in [5.74, 6) is 0.114. The lowest BCUT2D eigenvalue weighted by Gasteiger charge is -2.23. The summed E-state index contributed by atoms with van der Waals surface area (Å²) >= 11 is 0. The Morgan fingerprint density at radius 2 is 2.00 bits per heavy atom. The van der Waals surface area contributed by atoms with Crippen molar-refractivity contribution in [3.8, 4) is 5.75 Å². The minimum absolute atomic E-state index is 0.0492. The monoisotopic (exact) mass is 380 g/mol. The van der Waals surface area contributed by atoms with E-state index in [0.29, 0.717) is 24.2 Å². The summed E-state index contributed by atoms with van der Waals surface area (Å²) < 4.78 is 10.3. The molecule has 1 aliphatic carbocycles. The predicted molar refractivity (Wildman–Crippen MR) is 107 cm³/mol. The van der Waals surface area contributed by atoms with E-state index >= 15 is 0 Å². The zero-order valence-corrected chi connectivity index (χ0v) is 16.1. The van der Waals surface area contributed by atoms with Gasteiger partial charge in [0.25, 0.3) is 0 Å². The molecule has 1 atom stereocenters. The molecule has 0 fully saturated rings. The molecular formula is C22H24N2O4. The minimum atomic E-state index is -0.486. The van der Waals surface area contributed by atoms with E-state index in [1.165, 1.54) is 0 Å². The van der Waals surface area contributed by atoms with Crippen LogP contribution in [0.1, 0.15) is 34.8 Å². The quantitative estimate of drug-likeness (QED) is 0.454. The van der Waals surface area contributed by atoms with Crippen molar-refractivity contribution in [1.82, 2.24) is 5.43 Å². The lowest BCUT2D eigenvalue weighted by Crippen LogP contribution is -2.39. The van der Waals surface area contributed by atoms with Crippen LogP contribution in [0.15, 0.2) is 53.6 Å². The number of ether oxygens (including phenoxy) is 2. The molecule has 146 valence electrons. The number of hydrogen-bond acceptors (Lipinski definition) is 6. The predicted octanol–water partition coefficient (Wildman–Crippen LogP) is 2.94. The fourth-order valence-corrected chi connectivity index (χ4v) is 3.19. The number of aryl methyl sites for hydroxylation is 1. The van der Waals surface area contributed by atoms with Crippen LogP contribution in [0.4, 0.5) is 0 Å². The molecule has 28 heavy (non-hydrogen) atoms. The second-order valence-electron chi connectivity index (χ2n) is 6.55. The van der Waals surface area contributed by atoms with Gasteiger partial charge in [0.05, 0.1) is 13.7 Å². The number of carbonyl (C=O) groups excluding carboxylic acids is 2. The molecule has 3 rings (SSSR count). The molecule has 0 unspecified atom stereocenters. The van der Waals surface area contributed by atoms with Crippen molar-refractivity contribution in [3.05, 3.63) is 65.2 Å². The number of nitrogens with zero attached hydrogens (tertiary/aromatic N) is 1. The molecule has 0 saturated carbocycles. The zero-order valence-electron chi connectivity index (χ0n) is 16.1. The number of hydrogen-bond donors (Lipinski definition) is 1. The molecule has 6 heteroatoms. The maximum atomic E-state index is 12.8. The summed E-state index contributed by atoms with van der Waals surface area (Å²) in [5.41, 5.74) is 5.74. The Morgan fingerprint density at radius 1 is 1.21 bits per heavy atom. The van der Waals surface area contributed by atoms with E-state index in [0.717, 1.165) is 17.5 Å². The Bertz CT molecular complexity index is 877. The van der Waals surface area contributed by atoms with E-state index in [4.69, 9.17) is 9.47 Å². The molecule has 0 spiro atoms. The smallest absolute Gasteiger partial charge is 0.354 e. The first-order chi connectivity index (χ1) is 13.6. The van der Waals surface area contributed by atoms with E-state index in [9.17, 15) is 9.59 Å². The summed E-state index contributed by atoms with van der Waals surface area (Å²) in [5, 5.41) is 4.27. The van der Waals surface area contributed by atoms with Gasteiger partial charge in [-0.3, -0.25) is 10.2 Å². The second kappa shape index (κ2) is 9.17. The first-order valence-corrected chi connectivity index (χ1v) is 9.36. The summed E-state index contributed by atoms with van der Waals surface area (Å²) in [6.07, 6.45) is 1.70. The number of ketones is 1. The SMILES string of the molecule is CCOC(=O)/C(Cc1ccccc1)=N/N[C@@H]1CCc2ccc(OC)cc2C1=O. The highest BCUT2D eigenvalue weighted by Crippen LogP contribution is 2.25. The molecule has 1 N–H and O–H groups in total. The van der Waals surface area contributed by atoms with Crippen LogP contribution >= 0.6 is 0 Å². The molecule has 0 aromatic heterocycles. The molecule has 0 heterocycles. The fraction of sp³-hybridized carbons (Fsp3) is 0.318. The number of carbonyl (C=O) groups is 2. The fourth-order valence-electron chi connectivity index (χ4n) is 3.19. The summed E-state index contributed by atoms with van der Waals surface area (Å²) in [6.45, 7) is 2.02. The van der Waals surface area contributed by atoms with Gasteiger partial charge in [-0.1, -0.05) is 36.4 Å². The van der Waals surface area contributed by atoms with Crippen molar-refractivity contribution in [2.24, 2.45) is 5.10 Å². The number of esters is 1. The first-order valence-electron chi connectivity index (χ1n) is 9.36. The van der Waals surface area contributed by atoms with Crippen LogP contribution < -0.4 is 10.2 Å². The number of hydrazone groups is 1. The topological polar surface area (TPSA) is 77.0 Å². The van der Waals surface area contributed by atoms with E-state index < -0.39 is 12.0 Å². The van der Waals surface area contributed by atoms with Crippen molar-refractivity contribution in [3.63, 3.8) is 0 Å². The van der Waals surface area contributed by atoms with Gasteiger partial charge in [0.2, 0.25) is 0 Å². The molecule has 0 saturated heterocycles. The highest BCUT2D eigenvalue weighted by atomic mass is 16.5. The van der Waals surface area contributed by atoms with Gasteiger partial charge in [0.15, 0.2) is 5.78 Å². The Kier molecular flexibility index (Phi) is 6.42. The third-order valence-electron chi connectivity index (χ3n) is 4.68. The highest BCUT2D eigenvalue weighted by molar-refractivity contribution is 6.36. The van der Waals surface area contributed by atoms with Crippen LogP contribution in [0.2, 0.25) is 0 Å². The number of nitrogens with one attached hydrogen (secondary N) is 1. The van der Waals surface area contributed by atoms with Gasteiger partial charge in [0, 0.05) is 12.0 Å². The second-order valence-corrected chi connectivity index (χ2v) is 6.55. The first kappa shape index (κ1) is 19.6. The molecule has 0 bridgehead atoms. The van der Waals surface area contributed by atoms with Crippen molar-refractivity contribution >= 4 is 17.5 Å². The molecular weight excluding hydrogens is 356 g/mol. The minimum Gasteiger partial charge on any atom is -0.497 e. The Morgan fingerprint density at radius 3 is 2.71 bits per heavy atom. The van der Waals surface area contributed by atoms with Crippen molar-refractivity contribution in [2.45, 2.75) is 32.2 Å². The Hall–Kier alpha value is -3.15. The molecule has 1 aliphatic rings. The third kappa shape index (κ3) is 4.57. The summed E-state index contributed by atoms with van der Waals surface area (Å²) in [7, 11) is 1.57. The van der Waals surface area contributed by atoms with Crippen LogP contribution in [0.3, 0.4) is 0 Å². The lowest BCUT2D eigenvalue weighted by atomic mass is 9.87. The van der Waals surface area contributed by atoms with Crippen LogP contribution in [0.25, 0.3) is 0 Å². The number of fused-ring (bicyclic) bond motifs is 1. The molecule has 2 aromatic rings. The normalized spacial score (nSPS) is 16.3. The third-order valence-corrected chi connectivity index (χ3v) is 4.68. The molecule has 0 aliphatic heterocycles.